The van der Waals surface area contributed by atoms with E-state index in [1.165, 1.54) is 18.9 Å². The summed E-state index contributed by atoms with van der Waals surface area (Å²) in [7, 11) is 1.75. The molecular weight excluding hydrogens is 297 g/mol. The van der Waals surface area contributed by atoms with Gasteiger partial charge in [0.1, 0.15) is 5.82 Å². The SMILES string of the molecule is COC1CCCCC1NCc1cc(Br)ccc1F. The highest BCUT2D eigenvalue weighted by Gasteiger charge is 2.24. The monoisotopic (exact) mass is 315 g/mol. The first-order valence-electron chi connectivity index (χ1n) is 6.41. The average Bonchev–Trinajstić information content (AvgIpc) is 2.40. The Morgan fingerprint density at radius 3 is 2.94 bits per heavy atom. The van der Waals surface area contributed by atoms with Crippen LogP contribution in [-0.4, -0.2) is 19.3 Å². The van der Waals surface area contributed by atoms with Crippen molar-refractivity contribution in [1.29, 1.82) is 0 Å². The van der Waals surface area contributed by atoms with E-state index >= 15 is 0 Å². The highest BCUT2D eigenvalue weighted by molar-refractivity contribution is 9.10. The second-order valence-electron chi connectivity index (χ2n) is 4.78. The van der Waals surface area contributed by atoms with E-state index in [9.17, 15) is 4.39 Å². The molecule has 0 aromatic heterocycles. The third kappa shape index (κ3) is 3.53. The lowest BCUT2D eigenvalue weighted by atomic mass is 9.92. The maximum Gasteiger partial charge on any atom is 0.127 e. The topological polar surface area (TPSA) is 21.3 Å². The third-order valence-electron chi connectivity index (χ3n) is 3.57. The van der Waals surface area contributed by atoms with Crippen LogP contribution in [0, 0.1) is 5.82 Å². The molecule has 0 saturated heterocycles. The summed E-state index contributed by atoms with van der Waals surface area (Å²) in [6.07, 6.45) is 4.90. The van der Waals surface area contributed by atoms with Gasteiger partial charge in [0, 0.05) is 29.7 Å². The van der Waals surface area contributed by atoms with Crippen molar-refractivity contribution < 1.29 is 9.13 Å². The van der Waals surface area contributed by atoms with Gasteiger partial charge in [-0.15, -0.1) is 0 Å². The first-order chi connectivity index (χ1) is 8.70. The van der Waals surface area contributed by atoms with Crippen molar-refractivity contribution in [2.24, 2.45) is 0 Å². The van der Waals surface area contributed by atoms with Crippen LogP contribution in [0.3, 0.4) is 0 Å². The van der Waals surface area contributed by atoms with E-state index in [2.05, 4.69) is 21.2 Å². The van der Waals surface area contributed by atoms with E-state index in [0.717, 1.165) is 17.3 Å². The fourth-order valence-electron chi connectivity index (χ4n) is 2.53. The molecular formula is C14H19BrFNO. The van der Waals surface area contributed by atoms with Gasteiger partial charge in [-0.1, -0.05) is 28.8 Å². The van der Waals surface area contributed by atoms with Gasteiger partial charge in [-0.25, -0.2) is 4.39 Å². The van der Waals surface area contributed by atoms with Gasteiger partial charge in [0.25, 0.3) is 0 Å². The van der Waals surface area contributed by atoms with Gasteiger partial charge in [-0.2, -0.15) is 0 Å². The Labute approximate surface area is 116 Å². The van der Waals surface area contributed by atoms with Gasteiger partial charge >= 0.3 is 0 Å². The number of benzene rings is 1. The first-order valence-corrected chi connectivity index (χ1v) is 7.20. The molecule has 0 heterocycles. The number of halogens is 2. The third-order valence-corrected chi connectivity index (χ3v) is 4.06. The first kappa shape index (κ1) is 14.0. The van der Waals surface area contributed by atoms with Crippen molar-refractivity contribution in [2.45, 2.75) is 44.4 Å². The molecule has 0 spiro atoms. The Kier molecular flexibility index (Phi) is 5.15. The maximum atomic E-state index is 13.6. The minimum Gasteiger partial charge on any atom is -0.380 e. The van der Waals surface area contributed by atoms with E-state index in [4.69, 9.17) is 4.74 Å². The van der Waals surface area contributed by atoms with Gasteiger partial charge < -0.3 is 10.1 Å². The second-order valence-corrected chi connectivity index (χ2v) is 5.70. The summed E-state index contributed by atoms with van der Waals surface area (Å²) in [5.74, 6) is -0.157. The summed E-state index contributed by atoms with van der Waals surface area (Å²) in [6.45, 7) is 0.551. The molecule has 1 aromatic carbocycles. The molecule has 0 aliphatic heterocycles. The zero-order valence-electron chi connectivity index (χ0n) is 10.6. The fourth-order valence-corrected chi connectivity index (χ4v) is 2.94. The molecule has 100 valence electrons. The largest absolute Gasteiger partial charge is 0.380 e. The van der Waals surface area contributed by atoms with Crippen LogP contribution in [0.25, 0.3) is 0 Å². The predicted octanol–water partition coefficient (Wildman–Crippen LogP) is 3.64. The molecule has 18 heavy (non-hydrogen) atoms. The molecule has 2 rings (SSSR count). The lowest BCUT2D eigenvalue weighted by molar-refractivity contribution is 0.0412. The molecule has 0 radical (unpaired) electrons. The quantitative estimate of drug-likeness (QED) is 0.916. The number of rotatable bonds is 4. The Balaban J connectivity index is 1.95. The standard InChI is InChI=1S/C14H19BrFNO/c1-18-14-5-3-2-4-13(14)17-9-10-8-11(15)6-7-12(10)16/h6-8,13-14,17H,2-5,9H2,1H3. The second kappa shape index (κ2) is 6.64. The smallest absolute Gasteiger partial charge is 0.127 e. The van der Waals surface area contributed by atoms with Crippen molar-refractivity contribution >= 4 is 15.9 Å². The van der Waals surface area contributed by atoms with Crippen molar-refractivity contribution in [2.75, 3.05) is 7.11 Å². The Morgan fingerprint density at radius 2 is 2.17 bits per heavy atom. The molecule has 1 saturated carbocycles. The number of hydrogen-bond donors (Lipinski definition) is 1. The van der Waals surface area contributed by atoms with E-state index in [0.29, 0.717) is 18.2 Å². The zero-order valence-corrected chi connectivity index (χ0v) is 12.2. The Hall–Kier alpha value is -0.450. The van der Waals surface area contributed by atoms with Crippen molar-refractivity contribution in [3.63, 3.8) is 0 Å². The molecule has 1 aliphatic carbocycles. The normalized spacial score (nSPS) is 24.2. The molecule has 1 aliphatic rings. The van der Waals surface area contributed by atoms with Crippen LogP contribution >= 0.6 is 15.9 Å². The van der Waals surface area contributed by atoms with Crippen LogP contribution < -0.4 is 5.32 Å². The highest BCUT2D eigenvalue weighted by atomic mass is 79.9. The van der Waals surface area contributed by atoms with Crippen molar-refractivity contribution in [3.8, 4) is 0 Å². The van der Waals surface area contributed by atoms with Gasteiger partial charge in [0.15, 0.2) is 0 Å². The van der Waals surface area contributed by atoms with Gasteiger partial charge in [-0.05, 0) is 31.0 Å². The summed E-state index contributed by atoms with van der Waals surface area (Å²) >= 11 is 3.37. The highest BCUT2D eigenvalue weighted by Crippen LogP contribution is 2.22. The predicted molar refractivity (Wildman–Crippen MR) is 74.0 cm³/mol. The van der Waals surface area contributed by atoms with Gasteiger partial charge in [0.2, 0.25) is 0 Å². The lowest BCUT2D eigenvalue weighted by Crippen LogP contribution is -2.42. The Morgan fingerprint density at radius 1 is 1.39 bits per heavy atom. The van der Waals surface area contributed by atoms with Gasteiger partial charge in [-0.3, -0.25) is 0 Å². The minimum atomic E-state index is -0.157. The molecule has 0 amide bonds. The van der Waals surface area contributed by atoms with E-state index < -0.39 is 0 Å². The van der Waals surface area contributed by atoms with Gasteiger partial charge in [0.05, 0.1) is 6.10 Å². The summed E-state index contributed by atoms with van der Waals surface area (Å²) in [5, 5.41) is 3.42. The number of ether oxygens (including phenoxy) is 1. The Bertz CT molecular complexity index is 399. The molecule has 4 heteroatoms. The number of hydrogen-bond acceptors (Lipinski definition) is 2. The van der Waals surface area contributed by atoms with Crippen LogP contribution in [0.15, 0.2) is 22.7 Å². The van der Waals surface area contributed by atoms with Crippen molar-refractivity contribution in [3.05, 3.63) is 34.1 Å². The van der Waals surface area contributed by atoms with Crippen LogP contribution in [0.1, 0.15) is 31.2 Å². The van der Waals surface area contributed by atoms with E-state index in [1.807, 2.05) is 6.07 Å². The molecule has 1 fully saturated rings. The van der Waals surface area contributed by atoms with Crippen LogP contribution in [0.5, 0.6) is 0 Å². The maximum absolute atomic E-state index is 13.6. The van der Waals surface area contributed by atoms with Crippen LogP contribution in [-0.2, 0) is 11.3 Å². The summed E-state index contributed by atoms with van der Waals surface area (Å²) in [5.41, 5.74) is 0.699. The number of nitrogens with one attached hydrogen (secondary N) is 1. The zero-order chi connectivity index (χ0) is 13.0. The molecule has 1 aromatic rings. The molecule has 1 N–H and O–H groups in total. The number of methoxy groups -OCH3 is 1. The summed E-state index contributed by atoms with van der Waals surface area (Å²) < 4.78 is 20.0. The lowest BCUT2D eigenvalue weighted by Gasteiger charge is -2.31. The van der Waals surface area contributed by atoms with E-state index in [-0.39, 0.29) is 11.9 Å². The van der Waals surface area contributed by atoms with Crippen molar-refractivity contribution in [1.82, 2.24) is 5.32 Å². The summed E-state index contributed by atoms with van der Waals surface area (Å²) in [4.78, 5) is 0. The average molecular weight is 316 g/mol. The molecule has 2 nitrogen and oxygen atoms in total. The summed E-state index contributed by atoms with van der Waals surface area (Å²) in [6, 6.07) is 5.38. The molecule has 0 bridgehead atoms. The molecule has 2 unspecified atom stereocenters. The fraction of sp³-hybridized carbons (Fsp3) is 0.571. The minimum absolute atomic E-state index is 0.157. The van der Waals surface area contributed by atoms with E-state index in [1.54, 1.807) is 13.2 Å². The molecule has 2 atom stereocenters. The van der Waals surface area contributed by atoms with Crippen LogP contribution in [0.4, 0.5) is 4.39 Å². The van der Waals surface area contributed by atoms with Crippen LogP contribution in [0.2, 0.25) is 0 Å².